The molecule has 0 atom stereocenters. The standard InChI is InChI=1S/C15H22FNO/c1-18-14-7-6-13(15(16)10-14)11-17-9-8-12-4-2-3-5-12/h6-7,10,12,17H,2-5,8-9,11H2,1H3. The number of nitrogens with one attached hydrogen (secondary N) is 1. The zero-order valence-corrected chi connectivity index (χ0v) is 11.0. The summed E-state index contributed by atoms with van der Waals surface area (Å²) in [6, 6.07) is 5.03. The van der Waals surface area contributed by atoms with Crippen molar-refractivity contribution in [3.8, 4) is 5.75 Å². The van der Waals surface area contributed by atoms with E-state index >= 15 is 0 Å². The Hall–Kier alpha value is -1.09. The van der Waals surface area contributed by atoms with Crippen molar-refractivity contribution < 1.29 is 9.13 Å². The molecule has 2 nitrogen and oxygen atoms in total. The fraction of sp³-hybridized carbons (Fsp3) is 0.600. The Morgan fingerprint density at radius 1 is 1.33 bits per heavy atom. The van der Waals surface area contributed by atoms with E-state index in [4.69, 9.17) is 4.74 Å². The second kappa shape index (κ2) is 6.74. The Bertz CT molecular complexity index is 375. The van der Waals surface area contributed by atoms with Crippen LogP contribution in [-0.4, -0.2) is 13.7 Å². The van der Waals surface area contributed by atoms with Crippen molar-refractivity contribution in [1.29, 1.82) is 0 Å². The van der Waals surface area contributed by atoms with E-state index in [0.29, 0.717) is 17.9 Å². The Morgan fingerprint density at radius 3 is 2.78 bits per heavy atom. The Morgan fingerprint density at radius 2 is 2.11 bits per heavy atom. The molecule has 0 unspecified atom stereocenters. The van der Waals surface area contributed by atoms with E-state index in [9.17, 15) is 4.39 Å². The van der Waals surface area contributed by atoms with E-state index in [1.807, 2.05) is 0 Å². The lowest BCUT2D eigenvalue weighted by molar-refractivity contribution is 0.410. The third-order valence-corrected chi connectivity index (χ3v) is 3.78. The molecule has 1 aromatic rings. The number of ether oxygens (including phenoxy) is 1. The molecule has 1 aliphatic carbocycles. The normalized spacial score (nSPS) is 16.1. The minimum atomic E-state index is -0.192. The summed E-state index contributed by atoms with van der Waals surface area (Å²) in [7, 11) is 1.55. The van der Waals surface area contributed by atoms with Crippen LogP contribution in [0.5, 0.6) is 5.75 Å². The van der Waals surface area contributed by atoms with Crippen molar-refractivity contribution >= 4 is 0 Å². The average molecular weight is 251 g/mol. The molecule has 1 aromatic carbocycles. The molecule has 1 N–H and O–H groups in total. The lowest BCUT2D eigenvalue weighted by atomic mass is 10.0. The van der Waals surface area contributed by atoms with Crippen LogP contribution in [0.3, 0.4) is 0 Å². The largest absolute Gasteiger partial charge is 0.497 e. The van der Waals surface area contributed by atoms with Gasteiger partial charge in [-0.3, -0.25) is 0 Å². The van der Waals surface area contributed by atoms with Gasteiger partial charge in [0.25, 0.3) is 0 Å². The molecule has 18 heavy (non-hydrogen) atoms. The van der Waals surface area contributed by atoms with Crippen LogP contribution >= 0.6 is 0 Å². The van der Waals surface area contributed by atoms with Gasteiger partial charge in [0.15, 0.2) is 0 Å². The molecule has 2 rings (SSSR count). The molecule has 100 valence electrons. The summed E-state index contributed by atoms with van der Waals surface area (Å²) in [4.78, 5) is 0. The van der Waals surface area contributed by atoms with Crippen molar-refractivity contribution in [2.45, 2.75) is 38.6 Å². The van der Waals surface area contributed by atoms with Crippen LogP contribution in [0.2, 0.25) is 0 Å². The highest BCUT2D eigenvalue weighted by molar-refractivity contribution is 5.28. The molecule has 1 aliphatic rings. The van der Waals surface area contributed by atoms with Gasteiger partial charge in [-0.2, -0.15) is 0 Å². The van der Waals surface area contributed by atoms with Crippen LogP contribution in [0.25, 0.3) is 0 Å². The van der Waals surface area contributed by atoms with Gasteiger partial charge in [-0.05, 0) is 24.9 Å². The first-order chi connectivity index (χ1) is 8.79. The summed E-state index contributed by atoms with van der Waals surface area (Å²) in [5, 5.41) is 3.33. The van der Waals surface area contributed by atoms with Crippen LogP contribution in [0.15, 0.2) is 18.2 Å². The molecular weight excluding hydrogens is 229 g/mol. The maximum Gasteiger partial charge on any atom is 0.131 e. The summed E-state index contributed by atoms with van der Waals surface area (Å²) in [5.74, 6) is 1.27. The predicted octanol–water partition coefficient (Wildman–Crippen LogP) is 3.50. The van der Waals surface area contributed by atoms with Gasteiger partial charge in [0, 0.05) is 18.2 Å². The molecule has 0 radical (unpaired) electrons. The summed E-state index contributed by atoms with van der Waals surface area (Å²) in [6.45, 7) is 1.58. The van der Waals surface area contributed by atoms with Crippen molar-refractivity contribution in [2.24, 2.45) is 5.92 Å². The molecule has 0 bridgehead atoms. The number of hydrogen-bond acceptors (Lipinski definition) is 2. The third kappa shape index (κ3) is 3.70. The molecule has 0 saturated heterocycles. The number of hydrogen-bond donors (Lipinski definition) is 1. The predicted molar refractivity (Wildman–Crippen MR) is 71.2 cm³/mol. The lowest BCUT2D eigenvalue weighted by Gasteiger charge is -2.10. The van der Waals surface area contributed by atoms with Crippen LogP contribution < -0.4 is 10.1 Å². The highest BCUT2D eigenvalue weighted by atomic mass is 19.1. The molecule has 0 heterocycles. The summed E-state index contributed by atoms with van der Waals surface area (Å²) in [5.41, 5.74) is 0.710. The Labute approximate surface area is 109 Å². The van der Waals surface area contributed by atoms with E-state index < -0.39 is 0 Å². The Balaban J connectivity index is 1.72. The van der Waals surface area contributed by atoms with Crippen LogP contribution in [0.4, 0.5) is 4.39 Å². The highest BCUT2D eigenvalue weighted by Gasteiger charge is 2.14. The smallest absolute Gasteiger partial charge is 0.131 e. The van der Waals surface area contributed by atoms with E-state index in [-0.39, 0.29) is 5.82 Å². The molecule has 0 amide bonds. The van der Waals surface area contributed by atoms with E-state index in [2.05, 4.69) is 5.32 Å². The zero-order valence-electron chi connectivity index (χ0n) is 11.0. The number of methoxy groups -OCH3 is 1. The third-order valence-electron chi connectivity index (χ3n) is 3.78. The Kier molecular flexibility index (Phi) is 5.00. The van der Waals surface area contributed by atoms with Crippen LogP contribution in [0, 0.1) is 11.7 Å². The first-order valence-corrected chi connectivity index (χ1v) is 6.82. The van der Waals surface area contributed by atoms with E-state index in [1.54, 1.807) is 19.2 Å². The van der Waals surface area contributed by atoms with Gasteiger partial charge in [-0.1, -0.05) is 31.7 Å². The fourth-order valence-corrected chi connectivity index (χ4v) is 2.63. The SMILES string of the molecule is COc1ccc(CNCCC2CCCC2)c(F)c1. The summed E-state index contributed by atoms with van der Waals surface area (Å²) >= 11 is 0. The van der Waals surface area contributed by atoms with Crippen molar-refractivity contribution in [3.05, 3.63) is 29.6 Å². The van der Waals surface area contributed by atoms with Gasteiger partial charge in [-0.25, -0.2) is 4.39 Å². The topological polar surface area (TPSA) is 21.3 Å². The zero-order chi connectivity index (χ0) is 12.8. The van der Waals surface area contributed by atoms with Gasteiger partial charge in [0.2, 0.25) is 0 Å². The van der Waals surface area contributed by atoms with E-state index in [0.717, 1.165) is 12.5 Å². The van der Waals surface area contributed by atoms with Gasteiger partial charge >= 0.3 is 0 Å². The van der Waals surface area contributed by atoms with Crippen molar-refractivity contribution in [1.82, 2.24) is 5.32 Å². The molecule has 3 heteroatoms. The van der Waals surface area contributed by atoms with Crippen LogP contribution in [0.1, 0.15) is 37.7 Å². The van der Waals surface area contributed by atoms with Gasteiger partial charge in [-0.15, -0.1) is 0 Å². The van der Waals surface area contributed by atoms with E-state index in [1.165, 1.54) is 38.2 Å². The molecular formula is C15H22FNO. The molecule has 0 aromatic heterocycles. The first-order valence-electron chi connectivity index (χ1n) is 6.82. The monoisotopic (exact) mass is 251 g/mol. The lowest BCUT2D eigenvalue weighted by Crippen LogP contribution is -2.17. The summed E-state index contributed by atoms with van der Waals surface area (Å²) in [6.07, 6.45) is 6.74. The second-order valence-electron chi connectivity index (χ2n) is 5.07. The first kappa shape index (κ1) is 13.3. The average Bonchev–Trinajstić information content (AvgIpc) is 2.89. The summed E-state index contributed by atoms with van der Waals surface area (Å²) < 4.78 is 18.6. The molecule has 1 saturated carbocycles. The van der Waals surface area contributed by atoms with Gasteiger partial charge in [0.1, 0.15) is 11.6 Å². The maximum atomic E-state index is 13.6. The molecule has 1 fully saturated rings. The fourth-order valence-electron chi connectivity index (χ4n) is 2.63. The van der Waals surface area contributed by atoms with Crippen molar-refractivity contribution in [2.75, 3.05) is 13.7 Å². The van der Waals surface area contributed by atoms with Crippen LogP contribution in [-0.2, 0) is 6.54 Å². The minimum absolute atomic E-state index is 0.192. The minimum Gasteiger partial charge on any atom is -0.497 e. The highest BCUT2D eigenvalue weighted by Crippen LogP contribution is 2.26. The number of halogens is 1. The molecule has 0 spiro atoms. The number of rotatable bonds is 6. The molecule has 0 aliphatic heterocycles. The second-order valence-corrected chi connectivity index (χ2v) is 5.07. The number of benzene rings is 1. The maximum absolute atomic E-state index is 13.6. The van der Waals surface area contributed by atoms with Crippen molar-refractivity contribution in [3.63, 3.8) is 0 Å². The van der Waals surface area contributed by atoms with Gasteiger partial charge < -0.3 is 10.1 Å². The van der Waals surface area contributed by atoms with Gasteiger partial charge in [0.05, 0.1) is 7.11 Å². The quantitative estimate of drug-likeness (QED) is 0.781.